The standard InChI is InChI=1S/C18H30FN3O5S/c1-20-28(26,27)12-5-14(23)22-11-10-21(13-17(22)6-4-7-17)16(24)15(19)18(25)8-2-3-9-18/h15,20,25H,2-13H2,1H3. The Labute approximate surface area is 165 Å². The molecule has 0 aromatic carbocycles. The van der Waals surface area contributed by atoms with Crippen molar-refractivity contribution in [2.24, 2.45) is 0 Å². The summed E-state index contributed by atoms with van der Waals surface area (Å²) < 4.78 is 40.2. The molecular weight excluding hydrogens is 389 g/mol. The average molecular weight is 420 g/mol. The summed E-state index contributed by atoms with van der Waals surface area (Å²) in [5.41, 5.74) is -2.11. The highest BCUT2D eigenvalue weighted by Gasteiger charge is 2.52. The zero-order chi connectivity index (χ0) is 20.6. The Morgan fingerprint density at radius 1 is 1.14 bits per heavy atom. The largest absolute Gasteiger partial charge is 0.386 e. The fraction of sp³-hybridized carbons (Fsp3) is 0.889. The molecule has 2 saturated carbocycles. The number of halogens is 1. The number of alkyl halides is 1. The smallest absolute Gasteiger partial charge is 0.260 e. The van der Waals surface area contributed by atoms with Crippen molar-refractivity contribution in [3.8, 4) is 0 Å². The van der Waals surface area contributed by atoms with Crippen LogP contribution in [0.2, 0.25) is 0 Å². The molecule has 160 valence electrons. The molecule has 0 aromatic heterocycles. The number of amides is 2. The second-order valence-electron chi connectivity index (χ2n) is 8.33. The monoisotopic (exact) mass is 419 g/mol. The molecule has 1 atom stereocenters. The quantitative estimate of drug-likeness (QED) is 0.638. The van der Waals surface area contributed by atoms with E-state index in [1.807, 2.05) is 0 Å². The van der Waals surface area contributed by atoms with Gasteiger partial charge in [-0.05, 0) is 39.2 Å². The molecule has 2 amide bonds. The van der Waals surface area contributed by atoms with Crippen LogP contribution in [0, 0.1) is 0 Å². The molecule has 3 fully saturated rings. The molecule has 0 aromatic rings. The number of rotatable bonds is 6. The summed E-state index contributed by atoms with van der Waals surface area (Å²) in [5.74, 6) is -1.23. The normalized spacial score (nSPS) is 24.8. The van der Waals surface area contributed by atoms with Gasteiger partial charge in [0.05, 0.1) is 11.3 Å². The molecule has 2 aliphatic carbocycles. The van der Waals surface area contributed by atoms with E-state index >= 15 is 0 Å². The summed E-state index contributed by atoms with van der Waals surface area (Å²) in [6, 6.07) is 0. The van der Waals surface area contributed by atoms with Crippen LogP contribution in [0.3, 0.4) is 0 Å². The minimum Gasteiger partial charge on any atom is -0.386 e. The highest BCUT2D eigenvalue weighted by Crippen LogP contribution is 2.42. The van der Waals surface area contributed by atoms with Crippen molar-refractivity contribution in [3.63, 3.8) is 0 Å². The van der Waals surface area contributed by atoms with Gasteiger partial charge in [-0.25, -0.2) is 17.5 Å². The van der Waals surface area contributed by atoms with E-state index in [4.69, 9.17) is 0 Å². The fourth-order valence-electron chi connectivity index (χ4n) is 4.66. The lowest BCUT2D eigenvalue weighted by Crippen LogP contribution is -2.69. The predicted octanol–water partition coefficient (Wildman–Crippen LogP) is 0.162. The van der Waals surface area contributed by atoms with Gasteiger partial charge >= 0.3 is 0 Å². The van der Waals surface area contributed by atoms with Crippen LogP contribution in [-0.2, 0) is 19.6 Å². The van der Waals surface area contributed by atoms with E-state index < -0.39 is 33.2 Å². The van der Waals surface area contributed by atoms with Crippen molar-refractivity contribution in [2.45, 2.75) is 68.7 Å². The predicted molar refractivity (Wildman–Crippen MR) is 101 cm³/mol. The number of carbonyl (C=O) groups is 2. The number of sulfonamides is 1. The van der Waals surface area contributed by atoms with Crippen LogP contribution in [0.5, 0.6) is 0 Å². The first-order valence-electron chi connectivity index (χ1n) is 9.99. The Hall–Kier alpha value is -1.26. The van der Waals surface area contributed by atoms with Gasteiger partial charge in [-0.15, -0.1) is 0 Å². The Morgan fingerprint density at radius 2 is 1.79 bits per heavy atom. The molecule has 3 rings (SSSR count). The van der Waals surface area contributed by atoms with Crippen LogP contribution in [0.1, 0.15) is 51.4 Å². The van der Waals surface area contributed by atoms with E-state index in [2.05, 4.69) is 4.72 Å². The van der Waals surface area contributed by atoms with Crippen LogP contribution in [0.25, 0.3) is 0 Å². The van der Waals surface area contributed by atoms with Crippen LogP contribution in [0.15, 0.2) is 0 Å². The summed E-state index contributed by atoms with van der Waals surface area (Å²) in [5, 5.41) is 10.4. The van der Waals surface area contributed by atoms with Crippen molar-refractivity contribution in [2.75, 3.05) is 32.4 Å². The van der Waals surface area contributed by atoms with Crippen molar-refractivity contribution in [3.05, 3.63) is 0 Å². The van der Waals surface area contributed by atoms with Gasteiger partial charge in [-0.2, -0.15) is 0 Å². The second-order valence-corrected chi connectivity index (χ2v) is 10.4. The molecule has 1 unspecified atom stereocenters. The highest BCUT2D eigenvalue weighted by molar-refractivity contribution is 7.89. The number of carbonyl (C=O) groups excluding carboxylic acids is 2. The van der Waals surface area contributed by atoms with Crippen LogP contribution in [0.4, 0.5) is 4.39 Å². The van der Waals surface area contributed by atoms with E-state index in [0.717, 1.165) is 6.42 Å². The maximum Gasteiger partial charge on any atom is 0.260 e. The number of nitrogens with one attached hydrogen (secondary N) is 1. The third-order valence-electron chi connectivity index (χ3n) is 6.60. The number of aliphatic hydroxyl groups is 1. The second kappa shape index (κ2) is 7.87. The minimum absolute atomic E-state index is 0.121. The first-order chi connectivity index (χ1) is 13.1. The van der Waals surface area contributed by atoms with Gasteiger partial charge in [0.1, 0.15) is 5.60 Å². The first kappa shape index (κ1) is 21.4. The molecule has 0 radical (unpaired) electrons. The maximum absolute atomic E-state index is 14.8. The molecular formula is C18H30FN3O5S. The van der Waals surface area contributed by atoms with E-state index in [1.54, 1.807) is 4.90 Å². The van der Waals surface area contributed by atoms with Gasteiger partial charge in [0.25, 0.3) is 5.91 Å². The third kappa shape index (κ3) is 4.04. The lowest BCUT2D eigenvalue weighted by Gasteiger charge is -2.56. The molecule has 0 bridgehead atoms. The SMILES string of the molecule is CNS(=O)(=O)CCC(=O)N1CCN(C(=O)C(F)C2(O)CCCC2)CC12CCC2. The minimum atomic E-state index is -3.47. The Morgan fingerprint density at radius 3 is 2.32 bits per heavy atom. The van der Waals surface area contributed by atoms with Gasteiger partial charge in [-0.1, -0.05) is 12.8 Å². The molecule has 1 saturated heterocycles. The van der Waals surface area contributed by atoms with Crippen molar-refractivity contribution in [1.29, 1.82) is 0 Å². The van der Waals surface area contributed by atoms with Crippen molar-refractivity contribution >= 4 is 21.8 Å². The first-order valence-corrected chi connectivity index (χ1v) is 11.6. The molecule has 8 nitrogen and oxygen atoms in total. The Kier molecular flexibility index (Phi) is 6.03. The summed E-state index contributed by atoms with van der Waals surface area (Å²) in [4.78, 5) is 28.5. The van der Waals surface area contributed by atoms with E-state index in [1.165, 1.54) is 11.9 Å². The lowest BCUT2D eigenvalue weighted by atomic mass is 9.73. The van der Waals surface area contributed by atoms with E-state index in [0.29, 0.717) is 38.5 Å². The molecule has 3 aliphatic rings. The van der Waals surface area contributed by atoms with Gasteiger partial charge in [0.15, 0.2) is 0 Å². The molecule has 1 heterocycles. The zero-order valence-electron chi connectivity index (χ0n) is 16.3. The Balaban J connectivity index is 1.65. The van der Waals surface area contributed by atoms with Crippen LogP contribution in [-0.4, -0.2) is 84.9 Å². The van der Waals surface area contributed by atoms with Gasteiger partial charge in [-0.3, -0.25) is 9.59 Å². The lowest BCUT2D eigenvalue weighted by molar-refractivity contribution is -0.163. The van der Waals surface area contributed by atoms with Crippen LogP contribution >= 0.6 is 0 Å². The van der Waals surface area contributed by atoms with Gasteiger partial charge in [0, 0.05) is 26.1 Å². The van der Waals surface area contributed by atoms with Gasteiger partial charge < -0.3 is 14.9 Å². The number of hydrogen-bond donors (Lipinski definition) is 2. The van der Waals surface area contributed by atoms with E-state index in [-0.39, 0.29) is 37.7 Å². The maximum atomic E-state index is 14.8. The van der Waals surface area contributed by atoms with E-state index in [9.17, 15) is 27.5 Å². The zero-order valence-corrected chi connectivity index (χ0v) is 17.1. The summed E-state index contributed by atoms with van der Waals surface area (Å²) in [6.45, 7) is 0.698. The molecule has 1 spiro atoms. The summed E-state index contributed by atoms with van der Waals surface area (Å²) in [7, 11) is -2.16. The summed E-state index contributed by atoms with van der Waals surface area (Å²) in [6.07, 6.45) is 2.29. The number of piperazine rings is 1. The average Bonchev–Trinajstić information content (AvgIpc) is 3.11. The fourth-order valence-corrected chi connectivity index (χ4v) is 5.30. The third-order valence-corrected chi connectivity index (χ3v) is 7.97. The Bertz CT molecular complexity index is 719. The highest BCUT2D eigenvalue weighted by atomic mass is 32.2. The van der Waals surface area contributed by atoms with Crippen molar-refractivity contribution < 1.29 is 27.5 Å². The molecule has 10 heteroatoms. The molecule has 1 aliphatic heterocycles. The topological polar surface area (TPSA) is 107 Å². The van der Waals surface area contributed by atoms with Crippen molar-refractivity contribution in [1.82, 2.24) is 14.5 Å². The number of hydrogen-bond acceptors (Lipinski definition) is 5. The molecule has 2 N–H and O–H groups in total. The summed E-state index contributed by atoms with van der Waals surface area (Å²) >= 11 is 0. The van der Waals surface area contributed by atoms with Gasteiger partial charge in [0.2, 0.25) is 22.1 Å². The number of nitrogens with zero attached hydrogens (tertiary/aromatic N) is 2. The van der Waals surface area contributed by atoms with Crippen LogP contribution < -0.4 is 4.72 Å². The molecule has 28 heavy (non-hydrogen) atoms.